The second-order valence-corrected chi connectivity index (χ2v) is 5.52. The van der Waals surface area contributed by atoms with Gasteiger partial charge in [-0.2, -0.15) is 0 Å². The van der Waals surface area contributed by atoms with Crippen molar-refractivity contribution < 1.29 is 9.90 Å². The molecular formula is C15H15NO2S. The Morgan fingerprint density at radius 1 is 1.21 bits per heavy atom. The Kier molecular flexibility index (Phi) is 4.22. The smallest absolute Gasteiger partial charge is 0.354 e. The lowest BCUT2D eigenvalue weighted by atomic mass is 10.1. The fraction of sp³-hybridized carbons (Fsp3) is 0.200. The van der Waals surface area contributed by atoms with Gasteiger partial charge in [0.15, 0.2) is 0 Å². The molecule has 0 aliphatic carbocycles. The first kappa shape index (κ1) is 13.6. The first-order chi connectivity index (χ1) is 9.04. The summed E-state index contributed by atoms with van der Waals surface area (Å²) in [5.74, 6) is -0.137. The molecule has 1 heterocycles. The van der Waals surface area contributed by atoms with E-state index in [2.05, 4.69) is 37.0 Å². The van der Waals surface area contributed by atoms with Crippen molar-refractivity contribution in [1.82, 2.24) is 4.98 Å². The Morgan fingerprint density at radius 2 is 1.89 bits per heavy atom. The summed E-state index contributed by atoms with van der Waals surface area (Å²) in [5.41, 5.74) is 3.87. The number of pyridine rings is 1. The van der Waals surface area contributed by atoms with Gasteiger partial charge in [0.1, 0.15) is 5.69 Å². The van der Waals surface area contributed by atoms with Crippen LogP contribution in [0.2, 0.25) is 0 Å². The number of carboxylic acid groups (broad SMARTS) is 1. The van der Waals surface area contributed by atoms with Crippen molar-refractivity contribution in [1.29, 1.82) is 0 Å². The Bertz CT molecular complexity index is 573. The molecule has 98 valence electrons. The number of carbonyl (C=O) groups is 1. The number of aromatic carboxylic acids is 1. The minimum absolute atomic E-state index is 0.0794. The zero-order valence-electron chi connectivity index (χ0n) is 10.9. The van der Waals surface area contributed by atoms with E-state index in [1.807, 2.05) is 0 Å². The van der Waals surface area contributed by atoms with Gasteiger partial charge in [-0.1, -0.05) is 29.3 Å². The van der Waals surface area contributed by atoms with Gasteiger partial charge in [-0.3, -0.25) is 0 Å². The van der Waals surface area contributed by atoms with E-state index < -0.39 is 5.97 Å². The van der Waals surface area contributed by atoms with Crippen LogP contribution in [0.25, 0.3) is 0 Å². The first-order valence-corrected chi connectivity index (χ1v) is 6.92. The molecule has 4 heteroatoms. The Balaban J connectivity index is 2.03. The maximum Gasteiger partial charge on any atom is 0.354 e. The fourth-order valence-electron chi connectivity index (χ4n) is 1.91. The normalized spacial score (nSPS) is 10.4. The average molecular weight is 273 g/mol. The minimum atomic E-state index is -0.995. The molecule has 0 fully saturated rings. The number of rotatable bonds is 4. The maximum absolute atomic E-state index is 10.7. The quantitative estimate of drug-likeness (QED) is 0.863. The zero-order valence-corrected chi connectivity index (χ0v) is 11.7. The van der Waals surface area contributed by atoms with Crippen molar-refractivity contribution in [2.45, 2.75) is 24.5 Å². The van der Waals surface area contributed by atoms with Crippen molar-refractivity contribution >= 4 is 17.7 Å². The van der Waals surface area contributed by atoms with Crippen molar-refractivity contribution in [3.05, 3.63) is 58.9 Å². The molecule has 0 spiro atoms. The Morgan fingerprint density at radius 3 is 2.42 bits per heavy atom. The summed E-state index contributed by atoms with van der Waals surface area (Å²) in [6.45, 7) is 4.18. The standard InChI is InChI=1S/C15H15NO2S/c1-10-5-11(2)7-12(6-10)9-19-13-3-4-14(15(17)18)16-8-13/h3-8H,9H2,1-2H3,(H,17,18). The molecule has 2 aromatic rings. The minimum Gasteiger partial charge on any atom is -0.477 e. The maximum atomic E-state index is 10.7. The number of aryl methyl sites for hydroxylation is 2. The van der Waals surface area contributed by atoms with Gasteiger partial charge in [0.25, 0.3) is 0 Å². The predicted molar refractivity (Wildman–Crippen MR) is 76.7 cm³/mol. The third-order valence-corrected chi connectivity index (χ3v) is 3.69. The number of hydrogen-bond donors (Lipinski definition) is 1. The number of thioether (sulfide) groups is 1. The van der Waals surface area contributed by atoms with Crippen LogP contribution in [-0.4, -0.2) is 16.1 Å². The summed E-state index contributed by atoms with van der Waals surface area (Å²) in [5, 5.41) is 8.78. The molecule has 0 radical (unpaired) electrons. The van der Waals surface area contributed by atoms with Gasteiger partial charge in [0, 0.05) is 16.8 Å². The molecule has 19 heavy (non-hydrogen) atoms. The van der Waals surface area contributed by atoms with Crippen LogP contribution in [0.5, 0.6) is 0 Å². The summed E-state index contributed by atoms with van der Waals surface area (Å²) < 4.78 is 0. The molecule has 3 nitrogen and oxygen atoms in total. The molecule has 1 aromatic heterocycles. The van der Waals surface area contributed by atoms with Crippen molar-refractivity contribution in [3.63, 3.8) is 0 Å². The number of hydrogen-bond acceptors (Lipinski definition) is 3. The molecule has 0 atom stereocenters. The van der Waals surface area contributed by atoms with Gasteiger partial charge in [0.2, 0.25) is 0 Å². The van der Waals surface area contributed by atoms with E-state index in [1.165, 1.54) is 22.8 Å². The molecule has 1 aromatic carbocycles. The van der Waals surface area contributed by atoms with Crippen LogP contribution in [0.15, 0.2) is 41.4 Å². The highest BCUT2D eigenvalue weighted by atomic mass is 32.2. The molecule has 0 saturated carbocycles. The third-order valence-electron chi connectivity index (χ3n) is 2.64. The highest BCUT2D eigenvalue weighted by Gasteiger charge is 2.04. The van der Waals surface area contributed by atoms with Crippen LogP contribution < -0.4 is 0 Å². The molecule has 0 aliphatic rings. The van der Waals surface area contributed by atoms with Crippen LogP contribution in [0.4, 0.5) is 0 Å². The number of nitrogens with zero attached hydrogens (tertiary/aromatic N) is 1. The highest BCUT2D eigenvalue weighted by molar-refractivity contribution is 7.98. The van der Waals surface area contributed by atoms with Crippen LogP contribution in [0.3, 0.4) is 0 Å². The van der Waals surface area contributed by atoms with Crippen LogP contribution >= 0.6 is 11.8 Å². The first-order valence-electron chi connectivity index (χ1n) is 5.94. The van der Waals surface area contributed by atoms with Gasteiger partial charge in [-0.05, 0) is 31.5 Å². The van der Waals surface area contributed by atoms with Crippen LogP contribution in [0.1, 0.15) is 27.2 Å². The molecular weight excluding hydrogens is 258 g/mol. The molecule has 0 aliphatic heterocycles. The van der Waals surface area contributed by atoms with E-state index in [0.29, 0.717) is 0 Å². The third kappa shape index (κ3) is 3.83. The van der Waals surface area contributed by atoms with Gasteiger partial charge in [0.05, 0.1) is 0 Å². The lowest BCUT2D eigenvalue weighted by molar-refractivity contribution is 0.0690. The SMILES string of the molecule is Cc1cc(C)cc(CSc2ccc(C(=O)O)nc2)c1. The molecule has 1 N–H and O–H groups in total. The topological polar surface area (TPSA) is 50.2 Å². The van der Waals surface area contributed by atoms with Crippen LogP contribution in [-0.2, 0) is 5.75 Å². The van der Waals surface area contributed by atoms with Gasteiger partial charge < -0.3 is 5.11 Å². The second kappa shape index (κ2) is 5.89. The number of aromatic nitrogens is 1. The van der Waals surface area contributed by atoms with E-state index in [4.69, 9.17) is 5.11 Å². The van der Waals surface area contributed by atoms with Crippen molar-refractivity contribution in [2.24, 2.45) is 0 Å². The van der Waals surface area contributed by atoms with E-state index >= 15 is 0 Å². The van der Waals surface area contributed by atoms with E-state index in [0.717, 1.165) is 10.6 Å². The van der Waals surface area contributed by atoms with Crippen molar-refractivity contribution in [3.8, 4) is 0 Å². The fourth-order valence-corrected chi connectivity index (χ4v) is 2.70. The van der Waals surface area contributed by atoms with Gasteiger partial charge in [-0.15, -0.1) is 11.8 Å². The zero-order chi connectivity index (χ0) is 13.8. The summed E-state index contributed by atoms with van der Waals surface area (Å²) in [7, 11) is 0. The monoisotopic (exact) mass is 273 g/mol. The van der Waals surface area contributed by atoms with Gasteiger partial charge in [-0.25, -0.2) is 9.78 Å². The largest absolute Gasteiger partial charge is 0.477 e. The van der Waals surface area contributed by atoms with E-state index in [9.17, 15) is 4.79 Å². The predicted octanol–water partition coefficient (Wildman–Crippen LogP) is 3.69. The summed E-state index contributed by atoms with van der Waals surface area (Å²) >= 11 is 1.66. The summed E-state index contributed by atoms with van der Waals surface area (Å²) in [6, 6.07) is 9.81. The lowest BCUT2D eigenvalue weighted by Gasteiger charge is -2.05. The Hall–Kier alpha value is -1.81. The highest BCUT2D eigenvalue weighted by Crippen LogP contribution is 2.23. The molecule has 0 bridgehead atoms. The Labute approximate surface area is 116 Å². The molecule has 0 amide bonds. The summed E-state index contributed by atoms with van der Waals surface area (Å²) in [6.07, 6.45) is 1.61. The number of carboxylic acids is 1. The second-order valence-electron chi connectivity index (χ2n) is 4.47. The molecule has 2 rings (SSSR count). The summed E-state index contributed by atoms with van der Waals surface area (Å²) in [4.78, 5) is 15.6. The molecule has 0 saturated heterocycles. The lowest BCUT2D eigenvalue weighted by Crippen LogP contribution is -1.98. The average Bonchev–Trinajstić information content (AvgIpc) is 2.36. The van der Waals surface area contributed by atoms with Crippen LogP contribution in [0, 0.1) is 13.8 Å². The van der Waals surface area contributed by atoms with Crippen molar-refractivity contribution in [2.75, 3.05) is 0 Å². The van der Waals surface area contributed by atoms with Gasteiger partial charge >= 0.3 is 5.97 Å². The van der Waals surface area contributed by atoms with E-state index in [1.54, 1.807) is 24.0 Å². The molecule has 0 unspecified atom stereocenters. The van der Waals surface area contributed by atoms with E-state index in [-0.39, 0.29) is 5.69 Å². The number of benzene rings is 1.